The summed E-state index contributed by atoms with van der Waals surface area (Å²) in [6, 6.07) is 5.11. The summed E-state index contributed by atoms with van der Waals surface area (Å²) in [5, 5.41) is 3.13. The van der Waals surface area contributed by atoms with Crippen molar-refractivity contribution in [2.45, 2.75) is 13.3 Å². The minimum atomic E-state index is -3.52. The summed E-state index contributed by atoms with van der Waals surface area (Å²) in [5.41, 5.74) is 1.82. The maximum Gasteiger partial charge on any atom is 0.301 e. The highest BCUT2D eigenvalue weighted by molar-refractivity contribution is 7.90. The van der Waals surface area contributed by atoms with Gasteiger partial charge < -0.3 is 9.73 Å². The molecule has 0 saturated carbocycles. The highest BCUT2D eigenvalue weighted by atomic mass is 32.2. The monoisotopic (exact) mass is 310 g/mol. The second kappa shape index (κ2) is 5.63. The molecule has 3 rings (SSSR count). The van der Waals surface area contributed by atoms with Gasteiger partial charge in [-0.3, -0.25) is 4.72 Å². The van der Waals surface area contributed by atoms with Crippen molar-refractivity contribution >= 4 is 27.0 Å². The van der Waals surface area contributed by atoms with E-state index in [-0.39, 0.29) is 0 Å². The molecule has 1 aliphatic heterocycles. The Morgan fingerprint density at radius 1 is 1.38 bits per heavy atom. The highest BCUT2D eigenvalue weighted by Gasteiger charge is 2.23. The zero-order valence-electron chi connectivity index (χ0n) is 11.8. The molecule has 0 atom stereocenters. The van der Waals surface area contributed by atoms with E-state index in [9.17, 15) is 8.42 Å². The van der Waals surface area contributed by atoms with E-state index in [0.29, 0.717) is 55.3 Å². The highest BCUT2D eigenvalue weighted by Crippen LogP contribution is 2.21. The second-order valence-corrected chi connectivity index (χ2v) is 6.57. The number of oxazole rings is 1. The smallest absolute Gasteiger partial charge is 0.301 e. The fraction of sp³-hybridized carbons (Fsp3) is 0.462. The molecule has 0 aliphatic carbocycles. The van der Waals surface area contributed by atoms with E-state index in [1.165, 1.54) is 4.31 Å². The Balaban J connectivity index is 1.83. The summed E-state index contributed by atoms with van der Waals surface area (Å²) in [4.78, 5) is 4.31. The Morgan fingerprint density at radius 2 is 2.14 bits per heavy atom. The predicted molar refractivity (Wildman–Crippen MR) is 80.4 cm³/mol. The maximum atomic E-state index is 12.3. The van der Waals surface area contributed by atoms with Gasteiger partial charge in [-0.2, -0.15) is 12.7 Å². The van der Waals surface area contributed by atoms with Crippen LogP contribution in [0.15, 0.2) is 22.6 Å². The Kier molecular flexibility index (Phi) is 3.83. The second-order valence-electron chi connectivity index (χ2n) is 4.90. The molecular weight excluding hydrogens is 292 g/mol. The number of aromatic nitrogens is 1. The van der Waals surface area contributed by atoms with E-state index >= 15 is 0 Å². The zero-order valence-corrected chi connectivity index (χ0v) is 12.6. The molecule has 1 aliphatic rings. The van der Waals surface area contributed by atoms with Crippen LogP contribution in [0.1, 0.15) is 12.8 Å². The Labute approximate surface area is 123 Å². The maximum absolute atomic E-state index is 12.3. The minimum Gasteiger partial charge on any atom is -0.441 e. The SMILES string of the molecule is CCc1nc2cc(NS(=O)(=O)N3CCNCC3)ccc2o1. The van der Waals surface area contributed by atoms with Gasteiger partial charge in [-0.1, -0.05) is 6.92 Å². The van der Waals surface area contributed by atoms with Crippen molar-refractivity contribution in [1.29, 1.82) is 0 Å². The molecule has 114 valence electrons. The van der Waals surface area contributed by atoms with Crippen molar-refractivity contribution in [2.75, 3.05) is 30.9 Å². The van der Waals surface area contributed by atoms with Gasteiger partial charge in [0, 0.05) is 32.6 Å². The van der Waals surface area contributed by atoms with Gasteiger partial charge in [0.2, 0.25) is 0 Å². The molecule has 1 saturated heterocycles. The van der Waals surface area contributed by atoms with Gasteiger partial charge in [0.25, 0.3) is 0 Å². The number of aryl methyl sites for hydroxylation is 1. The van der Waals surface area contributed by atoms with Crippen molar-refractivity contribution in [1.82, 2.24) is 14.6 Å². The van der Waals surface area contributed by atoms with Crippen LogP contribution in [0, 0.1) is 0 Å². The van der Waals surface area contributed by atoms with E-state index in [4.69, 9.17) is 4.42 Å². The van der Waals surface area contributed by atoms with E-state index in [1.807, 2.05) is 6.92 Å². The van der Waals surface area contributed by atoms with Crippen molar-refractivity contribution in [3.05, 3.63) is 24.1 Å². The Bertz CT molecular complexity index is 735. The molecule has 0 spiro atoms. The third-order valence-electron chi connectivity index (χ3n) is 3.40. The van der Waals surface area contributed by atoms with Crippen molar-refractivity contribution in [3.63, 3.8) is 0 Å². The van der Waals surface area contributed by atoms with Crippen molar-refractivity contribution in [3.8, 4) is 0 Å². The summed E-state index contributed by atoms with van der Waals surface area (Å²) in [6.45, 7) is 4.24. The van der Waals surface area contributed by atoms with E-state index < -0.39 is 10.2 Å². The molecule has 0 radical (unpaired) electrons. The molecule has 8 heteroatoms. The quantitative estimate of drug-likeness (QED) is 0.878. The lowest BCUT2D eigenvalue weighted by Crippen LogP contribution is -2.48. The number of hydrogen-bond donors (Lipinski definition) is 2. The van der Waals surface area contributed by atoms with Crippen LogP contribution in [0.4, 0.5) is 5.69 Å². The van der Waals surface area contributed by atoms with Crippen molar-refractivity contribution in [2.24, 2.45) is 0 Å². The number of benzene rings is 1. The van der Waals surface area contributed by atoms with Crippen LogP contribution < -0.4 is 10.0 Å². The summed E-state index contributed by atoms with van der Waals surface area (Å²) >= 11 is 0. The fourth-order valence-electron chi connectivity index (χ4n) is 2.29. The van der Waals surface area contributed by atoms with Gasteiger partial charge in [0.15, 0.2) is 11.5 Å². The number of anilines is 1. The van der Waals surface area contributed by atoms with Crippen LogP contribution in [0.3, 0.4) is 0 Å². The van der Waals surface area contributed by atoms with Crippen molar-refractivity contribution < 1.29 is 12.8 Å². The molecule has 0 amide bonds. The number of piperazine rings is 1. The molecule has 0 unspecified atom stereocenters. The van der Waals surface area contributed by atoms with Crippen LogP contribution in [-0.4, -0.2) is 43.9 Å². The molecule has 21 heavy (non-hydrogen) atoms. The molecule has 1 aromatic heterocycles. The third kappa shape index (κ3) is 3.02. The van der Waals surface area contributed by atoms with E-state index in [2.05, 4.69) is 15.0 Å². The Hall–Kier alpha value is -1.64. The van der Waals surface area contributed by atoms with Gasteiger partial charge in [-0.05, 0) is 18.2 Å². The summed E-state index contributed by atoms with van der Waals surface area (Å²) in [5.74, 6) is 0.645. The zero-order chi connectivity index (χ0) is 14.9. The minimum absolute atomic E-state index is 0.474. The van der Waals surface area contributed by atoms with Gasteiger partial charge in [-0.15, -0.1) is 0 Å². The molecule has 1 fully saturated rings. The van der Waals surface area contributed by atoms with Crippen LogP contribution in [0.2, 0.25) is 0 Å². The number of nitrogens with zero attached hydrogens (tertiary/aromatic N) is 2. The van der Waals surface area contributed by atoms with Crippen LogP contribution in [0.25, 0.3) is 11.1 Å². The summed E-state index contributed by atoms with van der Waals surface area (Å²) in [6.07, 6.45) is 0.705. The van der Waals surface area contributed by atoms with E-state index in [1.54, 1.807) is 18.2 Å². The molecule has 2 aromatic rings. The number of fused-ring (bicyclic) bond motifs is 1. The lowest BCUT2D eigenvalue weighted by molar-refractivity contribution is 0.362. The topological polar surface area (TPSA) is 87.5 Å². The number of rotatable bonds is 4. The molecular formula is C13H18N4O3S. The molecule has 1 aromatic carbocycles. The first kappa shape index (κ1) is 14.3. The van der Waals surface area contributed by atoms with Gasteiger partial charge in [0.05, 0.1) is 5.69 Å². The average molecular weight is 310 g/mol. The predicted octanol–water partition coefficient (Wildman–Crippen LogP) is 0.952. The molecule has 2 N–H and O–H groups in total. The first-order valence-electron chi connectivity index (χ1n) is 6.96. The lowest BCUT2D eigenvalue weighted by atomic mass is 10.3. The first-order chi connectivity index (χ1) is 10.1. The number of nitrogens with one attached hydrogen (secondary N) is 2. The van der Waals surface area contributed by atoms with Crippen LogP contribution in [0.5, 0.6) is 0 Å². The van der Waals surface area contributed by atoms with Crippen LogP contribution >= 0.6 is 0 Å². The fourth-order valence-corrected chi connectivity index (χ4v) is 3.51. The summed E-state index contributed by atoms with van der Waals surface area (Å²) in [7, 11) is -3.52. The van der Waals surface area contributed by atoms with E-state index in [0.717, 1.165) is 0 Å². The molecule has 7 nitrogen and oxygen atoms in total. The molecule has 0 bridgehead atoms. The standard InChI is InChI=1S/C13H18N4O3S/c1-2-13-15-11-9-10(3-4-12(11)20-13)16-21(18,19)17-7-5-14-6-8-17/h3-4,9,14,16H,2,5-8H2,1H3. The Morgan fingerprint density at radius 3 is 2.86 bits per heavy atom. The molecule has 2 heterocycles. The third-order valence-corrected chi connectivity index (χ3v) is 4.94. The number of hydrogen-bond acceptors (Lipinski definition) is 5. The van der Waals surface area contributed by atoms with Crippen LogP contribution in [-0.2, 0) is 16.6 Å². The first-order valence-corrected chi connectivity index (χ1v) is 8.40. The van der Waals surface area contributed by atoms with Gasteiger partial charge >= 0.3 is 10.2 Å². The average Bonchev–Trinajstić information content (AvgIpc) is 2.90. The summed E-state index contributed by atoms with van der Waals surface area (Å²) < 4.78 is 34.1. The lowest BCUT2D eigenvalue weighted by Gasteiger charge is -2.26. The largest absolute Gasteiger partial charge is 0.441 e. The van der Waals surface area contributed by atoms with Gasteiger partial charge in [-0.25, -0.2) is 4.98 Å². The normalized spacial score (nSPS) is 17.2. The van der Waals surface area contributed by atoms with Gasteiger partial charge in [0.1, 0.15) is 5.52 Å².